The molecule has 0 aromatic rings. The van der Waals surface area contributed by atoms with E-state index in [2.05, 4.69) is 43.3 Å². The van der Waals surface area contributed by atoms with E-state index >= 15 is 0 Å². The Balaban J connectivity index is 3.64. The predicted octanol–water partition coefficient (Wildman–Crippen LogP) is 3.39. The summed E-state index contributed by atoms with van der Waals surface area (Å²) in [5, 5.41) is 0.981. The third kappa shape index (κ3) is 6.86. The summed E-state index contributed by atoms with van der Waals surface area (Å²) in [5.41, 5.74) is -0.0262. The topological polar surface area (TPSA) is 9.23 Å². The number of hydrogen-bond donors (Lipinski definition) is 0. The molecule has 0 saturated carbocycles. The first-order valence-electron chi connectivity index (χ1n) is 4.30. The zero-order valence-electron chi connectivity index (χ0n) is 8.27. The highest BCUT2D eigenvalue weighted by atomic mass is 79.9. The third-order valence-electron chi connectivity index (χ3n) is 1.47. The van der Waals surface area contributed by atoms with Gasteiger partial charge in [0.05, 0.1) is 12.2 Å². The van der Waals surface area contributed by atoms with Gasteiger partial charge in [-0.2, -0.15) is 0 Å². The molecule has 0 bridgehead atoms. The Bertz CT molecular complexity index is 126. The fraction of sp³-hybridized carbons (Fsp3) is 0.800. The minimum atomic E-state index is -0.0262. The maximum atomic E-state index is 5.66. The van der Waals surface area contributed by atoms with E-state index in [-0.39, 0.29) is 5.60 Å². The first kappa shape index (κ1) is 12.2. The van der Waals surface area contributed by atoms with Gasteiger partial charge in [0.15, 0.2) is 0 Å². The molecule has 1 unspecified atom stereocenters. The zero-order chi connectivity index (χ0) is 9.61. The van der Waals surface area contributed by atoms with E-state index < -0.39 is 0 Å². The van der Waals surface area contributed by atoms with Gasteiger partial charge in [-0.1, -0.05) is 22.0 Å². The second kappa shape index (κ2) is 5.76. The van der Waals surface area contributed by atoms with Crippen molar-refractivity contribution in [2.24, 2.45) is 5.92 Å². The Kier molecular flexibility index (Phi) is 5.85. The summed E-state index contributed by atoms with van der Waals surface area (Å²) in [6.45, 7) is 10.7. The Morgan fingerprint density at radius 1 is 1.50 bits per heavy atom. The van der Waals surface area contributed by atoms with Crippen molar-refractivity contribution in [2.75, 3.05) is 11.9 Å². The molecule has 0 N–H and O–H groups in total. The van der Waals surface area contributed by atoms with E-state index in [0.717, 1.165) is 18.4 Å². The Morgan fingerprint density at radius 2 is 2.08 bits per heavy atom. The maximum absolute atomic E-state index is 5.66. The van der Waals surface area contributed by atoms with Crippen LogP contribution in [-0.2, 0) is 4.74 Å². The standard InChI is InChI=1S/C10H19BrO/c1-5-6-9(7-11)8-12-10(2,3)4/h5,9H,1,6-8H2,2-4H3. The molecule has 0 heterocycles. The van der Waals surface area contributed by atoms with Gasteiger partial charge in [-0.15, -0.1) is 6.58 Å². The largest absolute Gasteiger partial charge is 0.376 e. The number of hydrogen-bond acceptors (Lipinski definition) is 1. The fourth-order valence-electron chi connectivity index (χ4n) is 0.779. The molecule has 12 heavy (non-hydrogen) atoms. The molecule has 0 aromatic heterocycles. The molecule has 0 radical (unpaired) electrons. The summed E-state index contributed by atoms with van der Waals surface area (Å²) in [4.78, 5) is 0. The van der Waals surface area contributed by atoms with E-state index in [1.807, 2.05) is 6.08 Å². The zero-order valence-corrected chi connectivity index (χ0v) is 9.86. The smallest absolute Gasteiger partial charge is 0.0598 e. The number of ether oxygens (including phenoxy) is 1. The van der Waals surface area contributed by atoms with Crippen LogP contribution in [0.25, 0.3) is 0 Å². The molecule has 0 fully saturated rings. The fourth-order valence-corrected chi connectivity index (χ4v) is 1.23. The Morgan fingerprint density at radius 3 is 2.42 bits per heavy atom. The van der Waals surface area contributed by atoms with Gasteiger partial charge in [0.25, 0.3) is 0 Å². The predicted molar refractivity (Wildman–Crippen MR) is 57.8 cm³/mol. The lowest BCUT2D eigenvalue weighted by Gasteiger charge is -2.22. The van der Waals surface area contributed by atoms with Crippen LogP contribution >= 0.6 is 15.9 Å². The summed E-state index contributed by atoms with van der Waals surface area (Å²) in [7, 11) is 0. The van der Waals surface area contributed by atoms with E-state index in [9.17, 15) is 0 Å². The second-order valence-corrected chi connectivity index (χ2v) is 4.62. The first-order valence-corrected chi connectivity index (χ1v) is 5.42. The van der Waals surface area contributed by atoms with Crippen molar-refractivity contribution in [3.05, 3.63) is 12.7 Å². The lowest BCUT2D eigenvalue weighted by molar-refractivity contribution is -0.0180. The molecule has 0 aliphatic heterocycles. The highest BCUT2D eigenvalue weighted by Gasteiger charge is 2.13. The number of halogens is 1. The number of rotatable bonds is 5. The molecule has 0 amide bonds. The highest BCUT2D eigenvalue weighted by molar-refractivity contribution is 9.09. The van der Waals surface area contributed by atoms with Crippen LogP contribution < -0.4 is 0 Å². The summed E-state index contributed by atoms with van der Waals surface area (Å²) >= 11 is 3.46. The monoisotopic (exact) mass is 234 g/mol. The van der Waals surface area contributed by atoms with Crippen LogP contribution in [0.3, 0.4) is 0 Å². The Labute approximate surface area is 84.3 Å². The van der Waals surface area contributed by atoms with Gasteiger partial charge >= 0.3 is 0 Å². The lowest BCUT2D eigenvalue weighted by Crippen LogP contribution is -2.24. The SMILES string of the molecule is C=CCC(CBr)COC(C)(C)C. The molecule has 1 atom stereocenters. The van der Waals surface area contributed by atoms with Crippen LogP contribution in [0, 0.1) is 5.92 Å². The minimum Gasteiger partial charge on any atom is -0.376 e. The van der Waals surface area contributed by atoms with Crippen LogP contribution in [-0.4, -0.2) is 17.5 Å². The molecular weight excluding hydrogens is 216 g/mol. The Hall–Kier alpha value is 0.180. The van der Waals surface area contributed by atoms with Gasteiger partial charge in [0.2, 0.25) is 0 Å². The average molecular weight is 235 g/mol. The van der Waals surface area contributed by atoms with Gasteiger partial charge in [-0.3, -0.25) is 0 Å². The van der Waals surface area contributed by atoms with E-state index in [1.54, 1.807) is 0 Å². The van der Waals surface area contributed by atoms with Crippen LogP contribution in [0.2, 0.25) is 0 Å². The van der Waals surface area contributed by atoms with Gasteiger partial charge in [0.1, 0.15) is 0 Å². The highest BCUT2D eigenvalue weighted by Crippen LogP contribution is 2.13. The van der Waals surface area contributed by atoms with Crippen molar-refractivity contribution in [2.45, 2.75) is 32.8 Å². The van der Waals surface area contributed by atoms with Gasteiger partial charge in [-0.05, 0) is 33.1 Å². The van der Waals surface area contributed by atoms with Gasteiger partial charge < -0.3 is 4.74 Å². The summed E-state index contributed by atoms with van der Waals surface area (Å²) in [6, 6.07) is 0. The molecule has 0 aromatic carbocycles. The van der Waals surface area contributed by atoms with Crippen LogP contribution in [0.4, 0.5) is 0 Å². The average Bonchev–Trinajstić information content (AvgIpc) is 1.96. The quantitative estimate of drug-likeness (QED) is 0.524. The van der Waals surface area contributed by atoms with E-state index in [1.165, 1.54) is 0 Å². The molecular formula is C10H19BrO. The van der Waals surface area contributed by atoms with Crippen LogP contribution in [0.5, 0.6) is 0 Å². The third-order valence-corrected chi connectivity index (χ3v) is 2.39. The maximum Gasteiger partial charge on any atom is 0.0598 e. The first-order chi connectivity index (χ1) is 5.49. The van der Waals surface area contributed by atoms with Gasteiger partial charge in [0, 0.05) is 5.33 Å². The van der Waals surface area contributed by atoms with Crippen molar-refractivity contribution >= 4 is 15.9 Å². The van der Waals surface area contributed by atoms with Gasteiger partial charge in [-0.25, -0.2) is 0 Å². The van der Waals surface area contributed by atoms with E-state index in [4.69, 9.17) is 4.74 Å². The summed E-state index contributed by atoms with van der Waals surface area (Å²) in [5.74, 6) is 0.557. The molecule has 0 rings (SSSR count). The molecule has 0 aliphatic carbocycles. The number of allylic oxidation sites excluding steroid dienone is 1. The lowest BCUT2D eigenvalue weighted by atomic mass is 10.1. The van der Waals surface area contributed by atoms with Crippen molar-refractivity contribution in [1.82, 2.24) is 0 Å². The second-order valence-electron chi connectivity index (χ2n) is 3.97. The summed E-state index contributed by atoms with van der Waals surface area (Å²) < 4.78 is 5.66. The van der Waals surface area contributed by atoms with Crippen molar-refractivity contribution in [1.29, 1.82) is 0 Å². The normalized spacial score (nSPS) is 14.3. The minimum absolute atomic E-state index is 0.0262. The van der Waals surface area contributed by atoms with Crippen molar-refractivity contribution in [3.63, 3.8) is 0 Å². The van der Waals surface area contributed by atoms with Crippen molar-refractivity contribution in [3.8, 4) is 0 Å². The molecule has 72 valence electrons. The molecule has 2 heteroatoms. The molecule has 0 spiro atoms. The molecule has 1 nitrogen and oxygen atoms in total. The summed E-state index contributed by atoms with van der Waals surface area (Å²) in [6.07, 6.45) is 2.96. The van der Waals surface area contributed by atoms with Crippen LogP contribution in [0.15, 0.2) is 12.7 Å². The molecule has 0 saturated heterocycles. The van der Waals surface area contributed by atoms with Crippen molar-refractivity contribution < 1.29 is 4.74 Å². The van der Waals surface area contributed by atoms with E-state index in [0.29, 0.717) is 5.92 Å². The number of alkyl halides is 1. The van der Waals surface area contributed by atoms with Crippen LogP contribution in [0.1, 0.15) is 27.2 Å². The molecule has 0 aliphatic rings.